The number of ether oxygens (including phenoxy) is 2. The topological polar surface area (TPSA) is 60.7 Å². The number of carbonyl (C=O) groups is 1. The molecule has 1 aromatic carbocycles. The van der Waals surface area contributed by atoms with E-state index >= 15 is 0 Å². The molecule has 26 heavy (non-hydrogen) atoms. The molecule has 1 amide bonds. The third kappa shape index (κ3) is 4.10. The van der Waals surface area contributed by atoms with Crippen LogP contribution in [0.4, 0.5) is 0 Å². The molecule has 0 fully saturated rings. The fraction of sp³-hybridized carbons (Fsp3) is 0.476. The van der Waals surface area contributed by atoms with Gasteiger partial charge in [-0.15, -0.1) is 0 Å². The molecule has 0 bridgehead atoms. The van der Waals surface area contributed by atoms with Gasteiger partial charge in [0.05, 0.1) is 13.2 Å². The van der Waals surface area contributed by atoms with Crippen LogP contribution in [0.5, 0.6) is 5.75 Å². The smallest absolute Gasteiger partial charge is 0.244 e. The van der Waals surface area contributed by atoms with Crippen molar-refractivity contribution in [3.05, 3.63) is 34.6 Å². The Bertz CT molecular complexity index is 832. The first-order valence-electron chi connectivity index (χ1n) is 8.94. The second-order valence-corrected chi connectivity index (χ2v) is 6.66. The minimum Gasteiger partial charge on any atom is -0.493 e. The molecule has 5 heteroatoms. The van der Waals surface area contributed by atoms with Crippen molar-refractivity contribution in [1.82, 2.24) is 5.32 Å². The zero-order chi connectivity index (χ0) is 19.4. The molecule has 5 nitrogen and oxygen atoms in total. The molecule has 0 aliphatic carbocycles. The molecular weight excluding hydrogens is 330 g/mol. The van der Waals surface area contributed by atoms with E-state index in [4.69, 9.17) is 13.9 Å². The largest absolute Gasteiger partial charge is 0.493 e. The maximum absolute atomic E-state index is 12.3. The van der Waals surface area contributed by atoms with Gasteiger partial charge in [0.2, 0.25) is 5.91 Å². The van der Waals surface area contributed by atoms with E-state index in [9.17, 15) is 4.79 Å². The van der Waals surface area contributed by atoms with E-state index in [2.05, 4.69) is 11.4 Å². The summed E-state index contributed by atoms with van der Waals surface area (Å²) in [5.41, 5.74) is 4.67. The molecule has 1 aromatic heterocycles. The fourth-order valence-corrected chi connectivity index (χ4v) is 3.09. The first kappa shape index (κ1) is 20.0. The molecule has 0 aliphatic heterocycles. The van der Waals surface area contributed by atoms with Crippen LogP contribution in [0.2, 0.25) is 0 Å². The number of amides is 1. The average Bonchev–Trinajstić information content (AvgIpc) is 2.85. The highest BCUT2D eigenvalue weighted by molar-refractivity contribution is 5.98. The molecule has 0 saturated carbocycles. The number of nitrogens with one attached hydrogen (secondary N) is 1. The number of furan rings is 1. The molecule has 2 aromatic rings. The van der Waals surface area contributed by atoms with Gasteiger partial charge in [-0.1, -0.05) is 0 Å². The van der Waals surface area contributed by atoms with Crippen LogP contribution in [0.25, 0.3) is 16.5 Å². The average molecular weight is 359 g/mol. The van der Waals surface area contributed by atoms with Gasteiger partial charge >= 0.3 is 0 Å². The predicted molar refractivity (Wildman–Crippen MR) is 105 cm³/mol. The Kier molecular flexibility index (Phi) is 6.48. The number of methoxy groups -OCH3 is 1. The van der Waals surface area contributed by atoms with E-state index in [1.807, 2.05) is 41.5 Å². The van der Waals surface area contributed by atoms with E-state index in [0.29, 0.717) is 13.2 Å². The van der Waals surface area contributed by atoms with Crippen molar-refractivity contribution < 1.29 is 18.7 Å². The number of fused-ring (bicyclic) bond motifs is 1. The summed E-state index contributed by atoms with van der Waals surface area (Å²) >= 11 is 0. The van der Waals surface area contributed by atoms with Crippen molar-refractivity contribution in [2.24, 2.45) is 0 Å². The lowest BCUT2D eigenvalue weighted by Crippen LogP contribution is -2.34. The second kappa shape index (κ2) is 8.41. The minimum absolute atomic E-state index is 0.0501. The Morgan fingerprint density at radius 2 is 2.00 bits per heavy atom. The number of benzene rings is 1. The summed E-state index contributed by atoms with van der Waals surface area (Å²) in [6, 6.07) is 2.00. The van der Waals surface area contributed by atoms with Gasteiger partial charge in [-0.3, -0.25) is 4.79 Å². The van der Waals surface area contributed by atoms with Gasteiger partial charge in [-0.05, 0) is 58.7 Å². The molecule has 0 radical (unpaired) electrons. The molecule has 1 unspecified atom stereocenters. The van der Waals surface area contributed by atoms with Gasteiger partial charge in [0.1, 0.15) is 17.1 Å². The van der Waals surface area contributed by atoms with Crippen LogP contribution in [0.1, 0.15) is 43.2 Å². The van der Waals surface area contributed by atoms with E-state index in [1.54, 1.807) is 13.2 Å². The second-order valence-electron chi connectivity index (χ2n) is 6.66. The lowest BCUT2D eigenvalue weighted by atomic mass is 9.98. The summed E-state index contributed by atoms with van der Waals surface area (Å²) in [5.74, 6) is 1.52. The highest BCUT2D eigenvalue weighted by Gasteiger charge is 2.19. The van der Waals surface area contributed by atoms with E-state index in [0.717, 1.165) is 44.7 Å². The van der Waals surface area contributed by atoms with Gasteiger partial charge in [-0.2, -0.15) is 0 Å². The highest BCUT2D eigenvalue weighted by atomic mass is 16.5. The summed E-state index contributed by atoms with van der Waals surface area (Å²) in [6.45, 7) is 12.8. The molecule has 1 N–H and O–H groups in total. The number of hydrogen-bond acceptors (Lipinski definition) is 4. The van der Waals surface area contributed by atoms with Crippen molar-refractivity contribution in [2.75, 3.05) is 20.3 Å². The van der Waals surface area contributed by atoms with Gasteiger partial charge in [0.15, 0.2) is 0 Å². The summed E-state index contributed by atoms with van der Waals surface area (Å²) in [6.07, 6.45) is 1.61. The fourth-order valence-electron chi connectivity index (χ4n) is 3.09. The monoisotopic (exact) mass is 359 g/mol. The number of hydrogen-bond donors (Lipinski definition) is 1. The van der Waals surface area contributed by atoms with Crippen molar-refractivity contribution in [3.8, 4) is 5.75 Å². The van der Waals surface area contributed by atoms with Crippen LogP contribution in [-0.4, -0.2) is 32.3 Å². The van der Waals surface area contributed by atoms with Crippen LogP contribution in [-0.2, 0) is 9.53 Å². The zero-order valence-corrected chi connectivity index (χ0v) is 16.8. The number of aryl methyl sites for hydroxylation is 3. The maximum Gasteiger partial charge on any atom is 0.244 e. The van der Waals surface area contributed by atoms with Gasteiger partial charge in [-0.25, -0.2) is 0 Å². The standard InChI is InChI=1S/C21H29NO4/c1-8-25-20-15(5)21-18(14(4)16(6)26-21)10-17(20)12(2)9-19(23)22-13(3)11-24-7/h9-10,13H,8,11H2,1-7H3,(H,22,23)/b12-9+. The third-order valence-electron chi connectivity index (χ3n) is 4.51. The Hall–Kier alpha value is -2.27. The Morgan fingerprint density at radius 1 is 1.31 bits per heavy atom. The van der Waals surface area contributed by atoms with E-state index in [-0.39, 0.29) is 11.9 Å². The molecule has 1 heterocycles. The normalized spacial score (nSPS) is 13.1. The lowest BCUT2D eigenvalue weighted by molar-refractivity contribution is -0.117. The Balaban J connectivity index is 2.49. The first-order valence-corrected chi connectivity index (χ1v) is 8.94. The summed E-state index contributed by atoms with van der Waals surface area (Å²) in [7, 11) is 1.62. The maximum atomic E-state index is 12.3. The van der Waals surface area contributed by atoms with Crippen LogP contribution < -0.4 is 10.1 Å². The molecule has 2 rings (SSSR count). The summed E-state index contributed by atoms with van der Waals surface area (Å²) in [4.78, 5) is 12.3. The van der Waals surface area contributed by atoms with Crippen molar-refractivity contribution in [1.29, 1.82) is 0 Å². The van der Waals surface area contributed by atoms with Crippen molar-refractivity contribution >= 4 is 22.4 Å². The minimum atomic E-state index is -0.146. The van der Waals surface area contributed by atoms with Crippen molar-refractivity contribution in [3.63, 3.8) is 0 Å². The molecule has 0 saturated heterocycles. The number of rotatable bonds is 7. The first-order chi connectivity index (χ1) is 12.3. The summed E-state index contributed by atoms with van der Waals surface area (Å²) in [5, 5.41) is 3.96. The van der Waals surface area contributed by atoms with Gasteiger partial charge < -0.3 is 19.2 Å². The molecule has 1 atom stereocenters. The van der Waals surface area contributed by atoms with Crippen molar-refractivity contribution in [2.45, 2.75) is 47.6 Å². The van der Waals surface area contributed by atoms with Crippen LogP contribution in [0, 0.1) is 20.8 Å². The van der Waals surface area contributed by atoms with Crippen LogP contribution in [0.3, 0.4) is 0 Å². The number of carbonyl (C=O) groups excluding carboxylic acids is 1. The quantitative estimate of drug-likeness (QED) is 0.748. The van der Waals surface area contributed by atoms with Crippen LogP contribution in [0.15, 0.2) is 16.6 Å². The zero-order valence-electron chi connectivity index (χ0n) is 16.8. The lowest BCUT2D eigenvalue weighted by Gasteiger charge is -2.15. The predicted octanol–water partition coefficient (Wildman–Crippen LogP) is 4.31. The molecule has 0 aliphatic rings. The SMILES string of the molecule is CCOc1c(/C(C)=C/C(=O)NC(C)COC)cc2c(C)c(C)oc2c1C. The van der Waals surface area contributed by atoms with E-state index in [1.165, 1.54) is 0 Å². The Labute approximate surface area is 155 Å². The van der Waals surface area contributed by atoms with E-state index < -0.39 is 0 Å². The van der Waals surface area contributed by atoms with Gasteiger partial charge in [0.25, 0.3) is 0 Å². The highest BCUT2D eigenvalue weighted by Crippen LogP contribution is 2.38. The summed E-state index contributed by atoms with van der Waals surface area (Å²) < 4.78 is 16.9. The Morgan fingerprint density at radius 3 is 2.62 bits per heavy atom. The van der Waals surface area contributed by atoms with Gasteiger partial charge in [0, 0.05) is 35.7 Å². The third-order valence-corrected chi connectivity index (χ3v) is 4.51. The molecule has 0 spiro atoms. The molecular formula is C21H29NO4. The van der Waals surface area contributed by atoms with Crippen LogP contribution >= 0.6 is 0 Å². The molecule has 142 valence electrons. The number of allylic oxidation sites excluding steroid dienone is 1.